The Hall–Kier alpha value is -2.34. The zero-order chi connectivity index (χ0) is 19.3. The molecule has 0 bridgehead atoms. The highest BCUT2D eigenvalue weighted by Gasteiger charge is 2.02. The first-order chi connectivity index (χ1) is 13.2. The van der Waals surface area contributed by atoms with Gasteiger partial charge in [-0.25, -0.2) is 0 Å². The van der Waals surface area contributed by atoms with Crippen LogP contribution in [-0.2, 0) is 6.42 Å². The van der Waals surface area contributed by atoms with Crippen molar-refractivity contribution in [2.24, 2.45) is 0 Å². The molecule has 2 aromatic rings. The van der Waals surface area contributed by atoms with Crippen molar-refractivity contribution in [1.82, 2.24) is 0 Å². The molecule has 0 aliphatic rings. The van der Waals surface area contributed by atoms with E-state index in [1.165, 1.54) is 62.6 Å². The van der Waals surface area contributed by atoms with E-state index in [9.17, 15) is 8.78 Å². The molecule has 0 aliphatic carbocycles. The normalized spacial score (nSPS) is 10.5. The van der Waals surface area contributed by atoms with Crippen LogP contribution in [0, 0.1) is 11.8 Å². The topological polar surface area (TPSA) is 9.23 Å². The van der Waals surface area contributed by atoms with Crippen molar-refractivity contribution in [3.8, 4) is 17.6 Å². The van der Waals surface area contributed by atoms with E-state index in [0.29, 0.717) is 0 Å². The van der Waals surface area contributed by atoms with E-state index in [1.54, 1.807) is 12.1 Å². The minimum Gasteiger partial charge on any atom is -0.435 e. The fraction of sp³-hybridized carbons (Fsp3) is 0.417. The average Bonchev–Trinajstić information content (AvgIpc) is 2.67. The molecule has 0 radical (unpaired) electrons. The molecule has 0 spiro atoms. The lowest BCUT2D eigenvalue weighted by molar-refractivity contribution is -0.0498. The summed E-state index contributed by atoms with van der Waals surface area (Å²) in [6.45, 7) is -0.559. The number of hydrogen-bond donors (Lipinski definition) is 0. The number of alkyl halides is 2. The van der Waals surface area contributed by atoms with Crippen LogP contribution >= 0.6 is 0 Å². The van der Waals surface area contributed by atoms with Gasteiger partial charge in [-0.3, -0.25) is 0 Å². The van der Waals surface area contributed by atoms with Gasteiger partial charge < -0.3 is 4.74 Å². The number of halogens is 2. The summed E-state index contributed by atoms with van der Waals surface area (Å²) in [6.07, 6.45) is 10.4. The van der Waals surface area contributed by atoms with Crippen molar-refractivity contribution in [1.29, 1.82) is 0 Å². The molecule has 0 aromatic heterocycles. The highest BCUT2D eigenvalue weighted by atomic mass is 19.3. The van der Waals surface area contributed by atoms with E-state index in [-0.39, 0.29) is 5.75 Å². The van der Waals surface area contributed by atoms with Crippen molar-refractivity contribution < 1.29 is 13.5 Å². The van der Waals surface area contributed by atoms with Gasteiger partial charge in [0.25, 0.3) is 0 Å². The monoisotopic (exact) mass is 370 g/mol. The van der Waals surface area contributed by atoms with E-state index >= 15 is 0 Å². The summed E-state index contributed by atoms with van der Waals surface area (Å²) in [4.78, 5) is 0. The van der Waals surface area contributed by atoms with Crippen molar-refractivity contribution in [2.45, 2.75) is 64.9 Å². The van der Waals surface area contributed by atoms with Crippen molar-refractivity contribution in [3.05, 3.63) is 65.2 Å². The van der Waals surface area contributed by atoms with Crippen LogP contribution in [0.15, 0.2) is 48.5 Å². The number of benzene rings is 2. The molecule has 0 atom stereocenters. The maximum Gasteiger partial charge on any atom is 0.387 e. The molecule has 1 nitrogen and oxygen atoms in total. The number of ether oxygens (including phenoxy) is 1. The van der Waals surface area contributed by atoms with Gasteiger partial charge in [0.15, 0.2) is 0 Å². The van der Waals surface area contributed by atoms with Crippen molar-refractivity contribution in [3.63, 3.8) is 0 Å². The zero-order valence-corrected chi connectivity index (χ0v) is 16.0. The first kappa shape index (κ1) is 21.0. The van der Waals surface area contributed by atoms with E-state index in [0.717, 1.165) is 17.5 Å². The number of aryl methyl sites for hydroxylation is 1. The van der Waals surface area contributed by atoms with Gasteiger partial charge in [0, 0.05) is 11.1 Å². The second kappa shape index (κ2) is 12.1. The lowest BCUT2D eigenvalue weighted by atomic mass is 10.0. The smallest absolute Gasteiger partial charge is 0.387 e. The van der Waals surface area contributed by atoms with Crippen molar-refractivity contribution in [2.75, 3.05) is 0 Å². The SMILES string of the molecule is CCCCCCCCCc1ccc(C#Cc2ccc(OC(F)F)cc2)cc1. The molecular formula is C24H28F2O. The molecule has 0 heterocycles. The Morgan fingerprint density at radius 1 is 0.741 bits per heavy atom. The summed E-state index contributed by atoms with van der Waals surface area (Å²) in [7, 11) is 0. The second-order valence-electron chi connectivity index (χ2n) is 6.72. The molecule has 0 unspecified atom stereocenters. The van der Waals surface area contributed by atoms with E-state index in [4.69, 9.17) is 0 Å². The van der Waals surface area contributed by atoms with Gasteiger partial charge in [-0.15, -0.1) is 0 Å². The molecule has 0 fully saturated rings. The molecule has 0 saturated carbocycles. The molecule has 0 N–H and O–H groups in total. The summed E-state index contributed by atoms with van der Waals surface area (Å²) in [5.74, 6) is 6.29. The largest absolute Gasteiger partial charge is 0.435 e. The van der Waals surface area contributed by atoms with Gasteiger partial charge >= 0.3 is 6.61 Å². The highest BCUT2D eigenvalue weighted by Crippen LogP contribution is 2.15. The van der Waals surface area contributed by atoms with Crippen LogP contribution in [0.25, 0.3) is 0 Å². The van der Waals surface area contributed by atoms with E-state index in [1.807, 2.05) is 12.1 Å². The zero-order valence-electron chi connectivity index (χ0n) is 16.0. The highest BCUT2D eigenvalue weighted by molar-refractivity contribution is 5.44. The molecule has 0 saturated heterocycles. The maximum atomic E-state index is 12.1. The van der Waals surface area contributed by atoms with Crippen LogP contribution in [0.4, 0.5) is 8.78 Å². The predicted molar refractivity (Wildman–Crippen MR) is 107 cm³/mol. The molecule has 0 amide bonds. The molecule has 0 aliphatic heterocycles. The minimum atomic E-state index is -2.80. The number of unbranched alkanes of at least 4 members (excludes halogenated alkanes) is 6. The number of hydrogen-bond acceptors (Lipinski definition) is 1. The molecule has 144 valence electrons. The second-order valence-corrected chi connectivity index (χ2v) is 6.72. The van der Waals surface area contributed by atoms with Gasteiger partial charge in [-0.1, -0.05) is 69.4 Å². The van der Waals surface area contributed by atoms with E-state index in [2.05, 4.69) is 35.6 Å². The third-order valence-corrected chi connectivity index (χ3v) is 4.45. The Bertz CT molecular complexity index is 709. The lowest BCUT2D eigenvalue weighted by Gasteiger charge is -2.03. The Morgan fingerprint density at radius 2 is 1.26 bits per heavy atom. The molecule has 3 heteroatoms. The predicted octanol–water partition coefficient (Wildman–Crippen LogP) is 6.98. The maximum absolute atomic E-state index is 12.1. The summed E-state index contributed by atoms with van der Waals surface area (Å²) in [5, 5.41) is 0. The third-order valence-electron chi connectivity index (χ3n) is 4.45. The van der Waals surface area contributed by atoms with Gasteiger partial charge in [-0.2, -0.15) is 8.78 Å². The molecule has 2 aromatic carbocycles. The Labute approximate surface area is 161 Å². The molecular weight excluding hydrogens is 342 g/mol. The van der Waals surface area contributed by atoms with E-state index < -0.39 is 6.61 Å². The van der Waals surface area contributed by atoms with Crippen LogP contribution in [-0.4, -0.2) is 6.61 Å². The molecule has 2 rings (SSSR count). The quantitative estimate of drug-likeness (QED) is 0.324. The Balaban J connectivity index is 1.76. The Kier molecular flexibility index (Phi) is 9.41. The summed E-state index contributed by atoms with van der Waals surface area (Å²) in [6, 6.07) is 14.7. The molecule has 27 heavy (non-hydrogen) atoms. The summed E-state index contributed by atoms with van der Waals surface area (Å²) in [5.41, 5.74) is 3.07. The standard InChI is InChI=1S/C24H28F2O/c1-2-3-4-5-6-7-8-9-20-10-12-21(13-11-20)14-15-22-16-18-23(19-17-22)27-24(25)26/h10-13,16-19,24H,2-9H2,1H3. The average molecular weight is 370 g/mol. The first-order valence-corrected chi connectivity index (χ1v) is 9.83. The van der Waals surface area contributed by atoms with Crippen LogP contribution in [0.2, 0.25) is 0 Å². The van der Waals surface area contributed by atoms with Crippen LogP contribution in [0.1, 0.15) is 68.6 Å². The van der Waals surface area contributed by atoms with Crippen LogP contribution in [0.5, 0.6) is 5.75 Å². The number of rotatable bonds is 10. The fourth-order valence-electron chi connectivity index (χ4n) is 2.91. The van der Waals surface area contributed by atoms with Gasteiger partial charge in [-0.05, 0) is 54.8 Å². The van der Waals surface area contributed by atoms with Gasteiger partial charge in [0.2, 0.25) is 0 Å². The first-order valence-electron chi connectivity index (χ1n) is 9.83. The van der Waals surface area contributed by atoms with Crippen LogP contribution in [0.3, 0.4) is 0 Å². The minimum absolute atomic E-state index is 0.144. The van der Waals surface area contributed by atoms with Crippen LogP contribution < -0.4 is 4.74 Å². The van der Waals surface area contributed by atoms with Gasteiger partial charge in [0.05, 0.1) is 0 Å². The Morgan fingerprint density at radius 3 is 1.81 bits per heavy atom. The fourth-order valence-corrected chi connectivity index (χ4v) is 2.91. The summed E-state index contributed by atoms with van der Waals surface area (Å²) >= 11 is 0. The summed E-state index contributed by atoms with van der Waals surface area (Å²) < 4.78 is 28.6. The van der Waals surface area contributed by atoms with Crippen molar-refractivity contribution >= 4 is 0 Å². The van der Waals surface area contributed by atoms with Gasteiger partial charge in [0.1, 0.15) is 5.75 Å². The third kappa shape index (κ3) is 8.73. The lowest BCUT2D eigenvalue weighted by Crippen LogP contribution is -2.01.